The van der Waals surface area contributed by atoms with Gasteiger partial charge in [0.2, 0.25) is 0 Å². The number of aromatic nitrogens is 1. The molecule has 0 spiro atoms. The molecule has 4 rings (SSSR count). The van der Waals surface area contributed by atoms with E-state index in [1.807, 2.05) is 18.3 Å². The van der Waals surface area contributed by atoms with Gasteiger partial charge in [0, 0.05) is 30.8 Å². The lowest BCUT2D eigenvalue weighted by atomic mass is 9.65. The number of benzene rings is 2. The summed E-state index contributed by atoms with van der Waals surface area (Å²) in [7, 11) is 4.39. The summed E-state index contributed by atoms with van der Waals surface area (Å²) in [5.74, 6) is 0.254. The summed E-state index contributed by atoms with van der Waals surface area (Å²) in [5.41, 5.74) is 2.95. The minimum atomic E-state index is -0.778. The zero-order chi connectivity index (χ0) is 21.7. The normalized spacial score (nSPS) is 23.4. The molecule has 3 heteroatoms. The molecular weight excluding hydrogens is 380 g/mol. The third kappa shape index (κ3) is 4.73. The molecule has 0 saturated heterocycles. The lowest BCUT2D eigenvalue weighted by Gasteiger charge is -2.49. The van der Waals surface area contributed by atoms with Gasteiger partial charge in [-0.15, -0.1) is 0 Å². The first-order valence-electron chi connectivity index (χ1n) is 11.4. The lowest BCUT2D eigenvalue weighted by Crippen LogP contribution is -2.50. The molecule has 1 atom stereocenters. The van der Waals surface area contributed by atoms with E-state index in [2.05, 4.69) is 84.6 Å². The topological polar surface area (TPSA) is 36.4 Å². The van der Waals surface area contributed by atoms with Crippen molar-refractivity contribution in [3.8, 4) is 0 Å². The summed E-state index contributed by atoms with van der Waals surface area (Å²) in [6, 6.07) is 25.3. The van der Waals surface area contributed by atoms with E-state index in [0.717, 1.165) is 31.2 Å². The van der Waals surface area contributed by atoms with Crippen molar-refractivity contribution in [1.82, 2.24) is 9.88 Å². The molecule has 1 heterocycles. The third-order valence-corrected chi connectivity index (χ3v) is 7.33. The first-order chi connectivity index (χ1) is 15.0. The second-order valence-electron chi connectivity index (χ2n) is 9.37. The van der Waals surface area contributed by atoms with Crippen molar-refractivity contribution in [2.75, 3.05) is 14.1 Å². The summed E-state index contributed by atoms with van der Waals surface area (Å²) in [6.45, 7) is 0. The van der Waals surface area contributed by atoms with Gasteiger partial charge in [-0.2, -0.15) is 0 Å². The Kier molecular flexibility index (Phi) is 6.54. The van der Waals surface area contributed by atoms with Gasteiger partial charge in [0.1, 0.15) is 0 Å². The fraction of sp³-hybridized carbons (Fsp3) is 0.393. The van der Waals surface area contributed by atoms with Crippen molar-refractivity contribution in [2.24, 2.45) is 5.92 Å². The molecule has 0 aliphatic heterocycles. The number of rotatable bonds is 7. The Morgan fingerprint density at radius 3 is 2.03 bits per heavy atom. The van der Waals surface area contributed by atoms with E-state index in [1.165, 1.54) is 11.1 Å². The lowest BCUT2D eigenvalue weighted by molar-refractivity contribution is -0.0547. The minimum absolute atomic E-state index is 0.0414. The number of hydrogen-bond donors (Lipinski definition) is 1. The monoisotopic (exact) mass is 414 g/mol. The van der Waals surface area contributed by atoms with Crippen LogP contribution < -0.4 is 0 Å². The molecule has 2 aromatic carbocycles. The van der Waals surface area contributed by atoms with E-state index in [9.17, 15) is 5.11 Å². The highest BCUT2D eigenvalue weighted by molar-refractivity contribution is 5.26. The zero-order valence-corrected chi connectivity index (χ0v) is 18.7. The molecular formula is C28H34N2O. The van der Waals surface area contributed by atoms with Crippen LogP contribution in [0.1, 0.15) is 42.4 Å². The Hall–Kier alpha value is -2.49. The van der Waals surface area contributed by atoms with Crippen LogP contribution in [0.3, 0.4) is 0 Å². The van der Waals surface area contributed by atoms with Gasteiger partial charge in [-0.25, -0.2) is 0 Å². The van der Waals surface area contributed by atoms with Gasteiger partial charge in [-0.3, -0.25) is 9.88 Å². The first kappa shape index (κ1) is 21.7. The summed E-state index contributed by atoms with van der Waals surface area (Å²) in [4.78, 5) is 6.67. The van der Waals surface area contributed by atoms with Crippen molar-refractivity contribution in [3.63, 3.8) is 0 Å². The SMILES string of the molecule is CN(C)C1(c2ccccc2)CCC(C(O)(Cc2ccccc2)Cc2cccnc2)CC1. The van der Waals surface area contributed by atoms with Gasteiger partial charge in [-0.05, 0) is 68.5 Å². The van der Waals surface area contributed by atoms with Crippen molar-refractivity contribution >= 4 is 0 Å². The van der Waals surface area contributed by atoms with E-state index in [-0.39, 0.29) is 11.5 Å². The minimum Gasteiger partial charge on any atom is -0.389 e. The molecule has 1 aliphatic carbocycles. The van der Waals surface area contributed by atoms with Crippen molar-refractivity contribution in [2.45, 2.75) is 49.7 Å². The van der Waals surface area contributed by atoms with Gasteiger partial charge < -0.3 is 5.11 Å². The molecule has 1 aromatic heterocycles. The number of pyridine rings is 1. The maximum atomic E-state index is 12.1. The number of hydrogen-bond acceptors (Lipinski definition) is 3. The molecule has 1 fully saturated rings. The molecule has 162 valence electrons. The Bertz CT molecular complexity index is 891. The predicted molar refractivity (Wildman–Crippen MR) is 127 cm³/mol. The average Bonchev–Trinajstić information content (AvgIpc) is 2.81. The van der Waals surface area contributed by atoms with Crippen LogP contribution in [-0.2, 0) is 18.4 Å². The largest absolute Gasteiger partial charge is 0.389 e. The molecule has 0 amide bonds. The fourth-order valence-electron chi connectivity index (χ4n) is 5.53. The highest BCUT2D eigenvalue weighted by Gasteiger charge is 2.45. The second kappa shape index (κ2) is 9.33. The van der Waals surface area contributed by atoms with Crippen LogP contribution in [-0.4, -0.2) is 34.7 Å². The standard InChI is InChI=1S/C28H34N2O/c1-30(2)27(25-13-7-4-8-14-25)17-15-26(16-18-27)28(31,20-23-10-5-3-6-11-23)21-24-12-9-19-29-22-24/h3-14,19,22,26,31H,15-18,20-21H2,1-2H3. The van der Waals surface area contributed by atoms with Crippen molar-refractivity contribution in [3.05, 3.63) is 102 Å². The third-order valence-electron chi connectivity index (χ3n) is 7.33. The quantitative estimate of drug-likeness (QED) is 0.574. The summed E-state index contributed by atoms with van der Waals surface area (Å²) in [5, 5.41) is 12.1. The van der Waals surface area contributed by atoms with Gasteiger partial charge in [-0.1, -0.05) is 66.7 Å². The summed E-state index contributed by atoms with van der Waals surface area (Å²) in [6.07, 6.45) is 9.14. The van der Waals surface area contributed by atoms with Crippen molar-refractivity contribution < 1.29 is 5.11 Å². The van der Waals surface area contributed by atoms with Crippen molar-refractivity contribution in [1.29, 1.82) is 0 Å². The first-order valence-corrected chi connectivity index (χ1v) is 11.4. The average molecular weight is 415 g/mol. The Balaban J connectivity index is 1.59. The van der Waals surface area contributed by atoms with Crippen LogP contribution >= 0.6 is 0 Å². The molecule has 31 heavy (non-hydrogen) atoms. The molecule has 1 N–H and O–H groups in total. The maximum absolute atomic E-state index is 12.1. The van der Waals surface area contributed by atoms with E-state index in [0.29, 0.717) is 12.8 Å². The zero-order valence-electron chi connectivity index (χ0n) is 18.7. The predicted octanol–water partition coefficient (Wildman–Crippen LogP) is 5.25. The second-order valence-corrected chi connectivity index (χ2v) is 9.37. The molecule has 3 aromatic rings. The fourth-order valence-corrected chi connectivity index (χ4v) is 5.53. The highest BCUT2D eigenvalue weighted by atomic mass is 16.3. The molecule has 0 bridgehead atoms. The van der Waals surface area contributed by atoms with E-state index >= 15 is 0 Å². The Labute approximate surface area is 186 Å². The number of aliphatic hydroxyl groups is 1. The Morgan fingerprint density at radius 2 is 1.45 bits per heavy atom. The van der Waals surface area contributed by atoms with Gasteiger partial charge in [0.25, 0.3) is 0 Å². The van der Waals surface area contributed by atoms with Gasteiger partial charge in [0.05, 0.1) is 5.60 Å². The van der Waals surface area contributed by atoms with Crippen LogP contribution in [0.15, 0.2) is 85.2 Å². The van der Waals surface area contributed by atoms with Crippen LogP contribution in [0, 0.1) is 5.92 Å². The Morgan fingerprint density at radius 1 is 0.871 bits per heavy atom. The van der Waals surface area contributed by atoms with Gasteiger partial charge in [0.15, 0.2) is 0 Å². The smallest absolute Gasteiger partial charge is 0.0756 e. The van der Waals surface area contributed by atoms with E-state index < -0.39 is 5.60 Å². The summed E-state index contributed by atoms with van der Waals surface area (Å²) >= 11 is 0. The van der Waals surface area contributed by atoms with Crippen LogP contribution in [0.2, 0.25) is 0 Å². The molecule has 0 radical (unpaired) electrons. The van der Waals surface area contributed by atoms with Gasteiger partial charge >= 0.3 is 0 Å². The maximum Gasteiger partial charge on any atom is 0.0756 e. The van der Waals surface area contributed by atoms with Crippen LogP contribution in [0.25, 0.3) is 0 Å². The van der Waals surface area contributed by atoms with E-state index in [4.69, 9.17) is 0 Å². The summed E-state index contributed by atoms with van der Waals surface area (Å²) < 4.78 is 0. The molecule has 3 nitrogen and oxygen atoms in total. The van der Waals surface area contributed by atoms with E-state index in [1.54, 1.807) is 6.20 Å². The molecule has 1 unspecified atom stereocenters. The van der Waals surface area contributed by atoms with Crippen LogP contribution in [0.4, 0.5) is 0 Å². The van der Waals surface area contributed by atoms with Crippen LogP contribution in [0.5, 0.6) is 0 Å². The molecule has 1 saturated carbocycles. The highest BCUT2D eigenvalue weighted by Crippen LogP contribution is 2.47. The molecule has 1 aliphatic rings. The number of nitrogens with zero attached hydrogens (tertiary/aromatic N) is 2.